The number of hydrogen-bond acceptors (Lipinski definition) is 5. The Morgan fingerprint density at radius 3 is 2.66 bits per heavy atom. The Kier molecular flexibility index (Phi) is 5.33. The van der Waals surface area contributed by atoms with Gasteiger partial charge < -0.3 is 9.84 Å². The first-order valence-electron chi connectivity index (χ1n) is 8.73. The lowest BCUT2D eigenvalue weighted by atomic mass is 10.1. The van der Waals surface area contributed by atoms with E-state index in [1.54, 1.807) is 24.3 Å². The number of benzene rings is 3. The number of rotatable bonds is 5. The molecular formula is C22H15NO4S2. The van der Waals surface area contributed by atoms with E-state index in [0.29, 0.717) is 15.0 Å². The van der Waals surface area contributed by atoms with Gasteiger partial charge in [-0.15, -0.1) is 0 Å². The SMILES string of the molecule is O=C(O)COc1cccc(/C=C2/SC(=S)N(c3ccc4ccccc4c3)C2=O)c1. The minimum absolute atomic E-state index is 0.188. The minimum Gasteiger partial charge on any atom is -0.482 e. The van der Waals surface area contributed by atoms with Crippen LogP contribution in [0.1, 0.15) is 5.56 Å². The largest absolute Gasteiger partial charge is 0.482 e. The molecule has 5 nitrogen and oxygen atoms in total. The van der Waals surface area contributed by atoms with E-state index in [2.05, 4.69) is 0 Å². The molecule has 7 heteroatoms. The summed E-state index contributed by atoms with van der Waals surface area (Å²) in [6.45, 7) is -0.423. The van der Waals surface area contributed by atoms with Gasteiger partial charge in [-0.3, -0.25) is 9.69 Å². The summed E-state index contributed by atoms with van der Waals surface area (Å²) >= 11 is 6.68. The minimum atomic E-state index is -1.05. The van der Waals surface area contributed by atoms with E-state index >= 15 is 0 Å². The van der Waals surface area contributed by atoms with Crippen molar-refractivity contribution in [3.8, 4) is 5.75 Å². The molecule has 4 rings (SSSR count). The van der Waals surface area contributed by atoms with Crippen molar-refractivity contribution in [1.82, 2.24) is 0 Å². The number of carbonyl (C=O) groups excluding carboxylic acids is 1. The van der Waals surface area contributed by atoms with E-state index in [9.17, 15) is 9.59 Å². The van der Waals surface area contributed by atoms with E-state index < -0.39 is 12.6 Å². The number of carbonyl (C=O) groups is 2. The molecule has 0 atom stereocenters. The molecule has 1 saturated heterocycles. The zero-order valence-electron chi connectivity index (χ0n) is 15.1. The van der Waals surface area contributed by atoms with Crippen molar-refractivity contribution in [1.29, 1.82) is 0 Å². The highest BCUT2D eigenvalue weighted by atomic mass is 32.2. The normalized spacial score (nSPS) is 15.3. The summed E-state index contributed by atoms with van der Waals surface area (Å²) in [5.41, 5.74) is 1.46. The number of aliphatic carboxylic acids is 1. The van der Waals surface area contributed by atoms with Crippen LogP contribution in [0, 0.1) is 0 Å². The molecule has 0 radical (unpaired) electrons. The second kappa shape index (κ2) is 8.06. The molecule has 3 aromatic carbocycles. The second-order valence-electron chi connectivity index (χ2n) is 6.30. The highest BCUT2D eigenvalue weighted by molar-refractivity contribution is 8.27. The van der Waals surface area contributed by atoms with Gasteiger partial charge >= 0.3 is 5.97 Å². The third kappa shape index (κ3) is 4.16. The van der Waals surface area contributed by atoms with Crippen molar-refractivity contribution < 1.29 is 19.4 Å². The Hall–Kier alpha value is -3.16. The zero-order chi connectivity index (χ0) is 20.4. The van der Waals surface area contributed by atoms with Crippen LogP contribution < -0.4 is 9.64 Å². The fourth-order valence-electron chi connectivity index (χ4n) is 3.00. The van der Waals surface area contributed by atoms with E-state index in [4.69, 9.17) is 22.1 Å². The summed E-state index contributed by atoms with van der Waals surface area (Å²) in [7, 11) is 0. The van der Waals surface area contributed by atoms with Crippen LogP contribution in [0.3, 0.4) is 0 Å². The number of ether oxygens (including phenoxy) is 1. The second-order valence-corrected chi connectivity index (χ2v) is 7.98. The molecule has 0 aliphatic carbocycles. The lowest BCUT2D eigenvalue weighted by Crippen LogP contribution is -2.27. The van der Waals surface area contributed by atoms with E-state index in [0.717, 1.165) is 22.0 Å². The average molecular weight is 421 g/mol. The van der Waals surface area contributed by atoms with Gasteiger partial charge in [-0.05, 0) is 46.7 Å². The van der Waals surface area contributed by atoms with Crippen molar-refractivity contribution >= 4 is 62.7 Å². The maximum absolute atomic E-state index is 13.0. The first-order chi connectivity index (χ1) is 14.0. The van der Waals surface area contributed by atoms with Crippen LogP contribution in [0.2, 0.25) is 0 Å². The summed E-state index contributed by atoms with van der Waals surface area (Å²) in [5.74, 6) is -0.815. The molecule has 0 aromatic heterocycles. The Balaban J connectivity index is 1.60. The van der Waals surface area contributed by atoms with Gasteiger partial charge in [-0.2, -0.15) is 0 Å². The van der Waals surface area contributed by atoms with Crippen molar-refractivity contribution in [2.24, 2.45) is 0 Å². The van der Waals surface area contributed by atoms with Crippen LogP contribution in [0.15, 0.2) is 71.6 Å². The van der Waals surface area contributed by atoms with Crippen LogP contribution in [-0.4, -0.2) is 27.9 Å². The Labute approximate surface area is 176 Å². The van der Waals surface area contributed by atoms with Crippen LogP contribution in [0.4, 0.5) is 5.69 Å². The van der Waals surface area contributed by atoms with Crippen molar-refractivity contribution in [3.05, 3.63) is 77.2 Å². The van der Waals surface area contributed by atoms with Crippen molar-refractivity contribution in [2.75, 3.05) is 11.5 Å². The molecule has 1 N–H and O–H groups in total. The van der Waals surface area contributed by atoms with Gasteiger partial charge in [0.25, 0.3) is 5.91 Å². The van der Waals surface area contributed by atoms with E-state index in [1.165, 1.54) is 16.7 Å². The highest BCUT2D eigenvalue weighted by Gasteiger charge is 2.33. The number of nitrogens with zero attached hydrogens (tertiary/aromatic N) is 1. The standard InChI is InChI=1S/C22H15NO4S2/c24-20(25)13-27-18-7-3-4-14(10-18)11-19-21(26)23(22(28)29-19)17-9-8-15-5-1-2-6-16(15)12-17/h1-12H,13H2,(H,24,25)/b19-11+. The maximum Gasteiger partial charge on any atom is 0.341 e. The number of carboxylic acid groups (broad SMARTS) is 1. The Morgan fingerprint density at radius 1 is 1.07 bits per heavy atom. The van der Waals surface area contributed by atoms with Crippen LogP contribution in [0.25, 0.3) is 16.8 Å². The molecule has 0 saturated carbocycles. The predicted molar refractivity (Wildman–Crippen MR) is 119 cm³/mol. The molecule has 1 aliphatic rings. The number of thiocarbonyl (C=S) groups is 1. The number of fused-ring (bicyclic) bond motifs is 1. The molecule has 144 valence electrons. The maximum atomic E-state index is 13.0. The smallest absolute Gasteiger partial charge is 0.341 e. The number of hydrogen-bond donors (Lipinski definition) is 1. The topological polar surface area (TPSA) is 66.8 Å². The van der Waals surface area contributed by atoms with Crippen LogP contribution in [-0.2, 0) is 9.59 Å². The lowest BCUT2D eigenvalue weighted by Gasteiger charge is -2.15. The number of thioether (sulfide) groups is 1. The molecule has 1 aliphatic heterocycles. The van der Waals surface area contributed by atoms with Crippen LogP contribution in [0.5, 0.6) is 5.75 Å². The van der Waals surface area contributed by atoms with Gasteiger partial charge in [0.2, 0.25) is 0 Å². The van der Waals surface area contributed by atoms with Gasteiger partial charge in [-0.1, -0.05) is 66.4 Å². The number of anilines is 1. The molecule has 1 heterocycles. The first kappa shape index (κ1) is 19.2. The fraction of sp³-hybridized carbons (Fsp3) is 0.0455. The molecule has 3 aromatic rings. The first-order valence-corrected chi connectivity index (χ1v) is 9.95. The van der Waals surface area contributed by atoms with E-state index in [1.807, 2.05) is 48.5 Å². The number of amides is 1. The van der Waals surface area contributed by atoms with Gasteiger partial charge in [0.1, 0.15) is 5.75 Å². The van der Waals surface area contributed by atoms with Gasteiger partial charge in [0.15, 0.2) is 10.9 Å². The van der Waals surface area contributed by atoms with Crippen molar-refractivity contribution in [2.45, 2.75) is 0 Å². The summed E-state index contributed by atoms with van der Waals surface area (Å²) in [4.78, 5) is 25.7. The highest BCUT2D eigenvalue weighted by Crippen LogP contribution is 2.37. The summed E-state index contributed by atoms with van der Waals surface area (Å²) < 4.78 is 5.66. The molecule has 29 heavy (non-hydrogen) atoms. The number of carboxylic acids is 1. The molecule has 0 spiro atoms. The fourth-order valence-corrected chi connectivity index (χ4v) is 4.30. The average Bonchev–Trinajstić information content (AvgIpc) is 2.99. The Morgan fingerprint density at radius 2 is 1.86 bits per heavy atom. The Bertz CT molecular complexity index is 1170. The molecule has 0 unspecified atom stereocenters. The molecule has 1 fully saturated rings. The summed E-state index contributed by atoms with van der Waals surface area (Å²) in [6.07, 6.45) is 1.73. The zero-order valence-corrected chi connectivity index (χ0v) is 16.7. The van der Waals surface area contributed by atoms with Gasteiger partial charge in [-0.25, -0.2) is 4.79 Å². The monoisotopic (exact) mass is 421 g/mol. The predicted octanol–water partition coefficient (Wildman–Crippen LogP) is 4.71. The van der Waals surface area contributed by atoms with Gasteiger partial charge in [0.05, 0.1) is 10.6 Å². The molecule has 0 bridgehead atoms. The molecular weight excluding hydrogens is 406 g/mol. The third-order valence-corrected chi connectivity index (χ3v) is 5.61. The third-order valence-electron chi connectivity index (χ3n) is 4.30. The summed E-state index contributed by atoms with van der Waals surface area (Å²) in [6, 6.07) is 20.7. The van der Waals surface area contributed by atoms with Crippen molar-refractivity contribution in [3.63, 3.8) is 0 Å². The molecule has 1 amide bonds. The lowest BCUT2D eigenvalue weighted by molar-refractivity contribution is -0.139. The quantitative estimate of drug-likeness (QED) is 0.475. The summed E-state index contributed by atoms with van der Waals surface area (Å²) in [5, 5.41) is 10.9. The van der Waals surface area contributed by atoms with Crippen LogP contribution >= 0.6 is 24.0 Å². The van der Waals surface area contributed by atoms with E-state index in [-0.39, 0.29) is 5.91 Å². The van der Waals surface area contributed by atoms with Gasteiger partial charge in [0, 0.05) is 0 Å².